The lowest BCUT2D eigenvalue weighted by atomic mass is 9.86. The number of halogens is 2. The molecule has 0 amide bonds. The molecule has 0 saturated carbocycles. The Balaban J connectivity index is 0.000000769. The predicted molar refractivity (Wildman–Crippen MR) is 193 cm³/mol. The maximum atomic E-state index is 16.7. The second-order valence-electron chi connectivity index (χ2n) is 11.9. The van der Waals surface area contributed by atoms with Gasteiger partial charge >= 0.3 is 0 Å². The summed E-state index contributed by atoms with van der Waals surface area (Å²) in [6, 6.07) is 1.29. The van der Waals surface area contributed by atoms with Crippen LogP contribution in [0.5, 0.6) is 0 Å². The smallest absolute Gasteiger partial charge is 0.156 e. The number of thiophene rings is 1. The summed E-state index contributed by atoms with van der Waals surface area (Å²) in [5.41, 5.74) is 9.26. The average Bonchev–Trinajstić information content (AvgIpc) is 3.78. The lowest BCUT2D eigenvalue weighted by Gasteiger charge is -2.26. The third-order valence-electron chi connectivity index (χ3n) is 8.36. The number of aliphatic hydroxyl groups is 1. The van der Waals surface area contributed by atoms with Crippen LogP contribution < -0.4 is 21.5 Å². The van der Waals surface area contributed by atoms with Gasteiger partial charge < -0.3 is 25.8 Å². The van der Waals surface area contributed by atoms with E-state index in [2.05, 4.69) is 39.1 Å². The number of nitriles is 1. The highest BCUT2D eigenvalue weighted by atomic mass is 32.1. The second-order valence-corrected chi connectivity index (χ2v) is 12.9. The molecule has 260 valence electrons. The number of unbranched alkanes of at least 4 members (excludes halogenated alkanes) is 1. The fraction of sp³-hybridized carbons (Fsp3) is 0.568. The van der Waals surface area contributed by atoms with E-state index in [0.717, 1.165) is 28.3 Å². The Morgan fingerprint density at radius 2 is 1.74 bits per heavy atom. The van der Waals surface area contributed by atoms with E-state index in [0.29, 0.717) is 46.6 Å². The van der Waals surface area contributed by atoms with Gasteiger partial charge in [0.05, 0.1) is 35.8 Å². The quantitative estimate of drug-likeness (QED) is 0.228. The molecule has 4 heterocycles. The molecule has 2 aromatic rings. The summed E-state index contributed by atoms with van der Waals surface area (Å²) in [5.74, 6) is -0.0737. The van der Waals surface area contributed by atoms with E-state index in [4.69, 9.17) is 15.5 Å². The molecule has 3 atom stereocenters. The normalized spacial score (nSPS) is 20.6. The van der Waals surface area contributed by atoms with Gasteiger partial charge in [-0.3, -0.25) is 0 Å². The Morgan fingerprint density at radius 3 is 2.28 bits per heavy atom. The van der Waals surface area contributed by atoms with E-state index in [1.54, 1.807) is 6.20 Å². The summed E-state index contributed by atoms with van der Waals surface area (Å²) in [5, 5.41) is 24.2. The molecular weight excluding hydrogens is 617 g/mol. The summed E-state index contributed by atoms with van der Waals surface area (Å²) in [6.45, 7) is 22.0. The maximum Gasteiger partial charge on any atom is 0.156 e. The van der Waals surface area contributed by atoms with Crippen molar-refractivity contribution in [1.29, 1.82) is 5.26 Å². The van der Waals surface area contributed by atoms with Crippen LogP contribution in [-0.2, 0) is 18.0 Å². The Bertz CT molecular complexity index is 1580. The standard InChI is InChI=1S/C28H31F2N5O2S.C4H10.C3H8.C2H6/c1-5-13(2)22-17(7-33-15(4)35-9-14(3)21(36)10-35)18-11-37-12-19(18)23(25(22)30)26-24-16(6-31)28(32)38-27(24)20(29)8-34-26;1-3-4-2;1-3-2;1-2/h7-8,14,21,26,34,36H,5,9-12,32H2,1-4H3;3-4H2,1-2H3;3H2,1-2H3;1-2H3/b17-7-,22-13?,33-15?;;;. The molecule has 1 aromatic heterocycles. The van der Waals surface area contributed by atoms with E-state index in [-0.39, 0.29) is 34.6 Å². The number of ether oxygens (including phenoxy) is 1. The molecule has 0 aliphatic carbocycles. The number of aliphatic hydroxyl groups excluding tert-OH is 1. The molecule has 47 heavy (non-hydrogen) atoms. The lowest BCUT2D eigenvalue weighted by molar-refractivity contribution is 0.133. The van der Waals surface area contributed by atoms with Crippen molar-refractivity contribution in [2.24, 2.45) is 10.9 Å². The van der Waals surface area contributed by atoms with Gasteiger partial charge in [-0.2, -0.15) is 5.26 Å². The molecule has 0 spiro atoms. The zero-order chi connectivity index (χ0) is 35.4. The highest BCUT2D eigenvalue weighted by Gasteiger charge is 2.36. The summed E-state index contributed by atoms with van der Waals surface area (Å²) in [7, 11) is 0. The van der Waals surface area contributed by atoms with Crippen molar-refractivity contribution in [1.82, 2.24) is 10.2 Å². The maximum absolute atomic E-state index is 16.7. The van der Waals surface area contributed by atoms with Gasteiger partial charge in [-0.1, -0.05) is 80.2 Å². The average molecular weight is 672 g/mol. The fourth-order valence-electron chi connectivity index (χ4n) is 5.50. The summed E-state index contributed by atoms with van der Waals surface area (Å²) in [6.07, 6.45) is 7.00. The predicted octanol–water partition coefficient (Wildman–Crippen LogP) is 7.63. The number of nitrogens with zero attached hydrogens (tertiary/aromatic N) is 3. The molecule has 10 heteroatoms. The number of likely N-dealkylation sites (tertiary alicyclic amines) is 1. The fourth-order valence-corrected chi connectivity index (χ4v) is 6.46. The Labute approximate surface area is 284 Å². The first-order valence-electron chi connectivity index (χ1n) is 17.0. The number of nitrogens with one attached hydrogen (secondary N) is 1. The van der Waals surface area contributed by atoms with E-state index >= 15 is 4.39 Å². The topological polar surface area (TPSA) is 107 Å². The minimum absolute atomic E-state index is 0.150. The van der Waals surface area contributed by atoms with Crippen molar-refractivity contribution >= 4 is 39.8 Å². The molecule has 4 N–H and O–H groups in total. The Hall–Kier alpha value is -3.26. The molecule has 3 aliphatic rings. The molecule has 1 fully saturated rings. The number of benzene rings is 1. The zero-order valence-electron chi connectivity index (χ0n) is 30.0. The number of nitrogens with two attached hydrogens (primary N) is 1. The van der Waals surface area contributed by atoms with E-state index in [1.165, 1.54) is 25.5 Å². The van der Waals surface area contributed by atoms with Gasteiger partial charge in [0.2, 0.25) is 0 Å². The van der Waals surface area contributed by atoms with Crippen LogP contribution in [0.3, 0.4) is 0 Å². The number of rotatable bonds is 4. The number of β-amino-alcohol motifs (C(OH)–C–C–N with tert-alkyl or cyclic N) is 1. The Kier molecular flexibility index (Phi) is 16.1. The monoisotopic (exact) mass is 671 g/mol. The van der Waals surface area contributed by atoms with Crippen molar-refractivity contribution in [3.05, 3.63) is 55.1 Å². The van der Waals surface area contributed by atoms with Crippen LogP contribution in [0.15, 0.2) is 11.2 Å². The van der Waals surface area contributed by atoms with Gasteiger partial charge in [0.1, 0.15) is 22.7 Å². The lowest BCUT2D eigenvalue weighted by Crippen LogP contribution is -2.38. The van der Waals surface area contributed by atoms with Crippen LogP contribution in [-0.4, -0.2) is 35.0 Å². The van der Waals surface area contributed by atoms with Crippen molar-refractivity contribution in [3.63, 3.8) is 0 Å². The van der Waals surface area contributed by atoms with Gasteiger partial charge in [0, 0.05) is 53.0 Å². The third kappa shape index (κ3) is 8.81. The van der Waals surface area contributed by atoms with Crippen molar-refractivity contribution in [2.75, 3.05) is 18.8 Å². The number of amidine groups is 1. The first-order valence-corrected chi connectivity index (χ1v) is 17.8. The number of aliphatic imine (C=N–C) groups is 1. The Morgan fingerprint density at radius 1 is 1.13 bits per heavy atom. The van der Waals surface area contributed by atoms with E-state index in [9.17, 15) is 14.8 Å². The van der Waals surface area contributed by atoms with Gasteiger partial charge in [-0.25, -0.2) is 13.8 Å². The van der Waals surface area contributed by atoms with Gasteiger partial charge in [0.25, 0.3) is 0 Å². The van der Waals surface area contributed by atoms with Crippen LogP contribution >= 0.6 is 11.3 Å². The minimum Gasteiger partial charge on any atom is -0.391 e. The number of nitrogen functional groups attached to an aromatic ring is 1. The third-order valence-corrected chi connectivity index (χ3v) is 9.40. The molecule has 5 rings (SSSR count). The van der Waals surface area contributed by atoms with Crippen LogP contribution in [0.1, 0.15) is 134 Å². The van der Waals surface area contributed by atoms with Gasteiger partial charge in [0.15, 0.2) is 5.83 Å². The van der Waals surface area contributed by atoms with Crippen LogP contribution in [0.2, 0.25) is 0 Å². The van der Waals surface area contributed by atoms with Crippen LogP contribution in [0, 0.1) is 23.1 Å². The number of anilines is 1. The molecule has 1 saturated heterocycles. The number of fused-ring (bicyclic) bond motifs is 2. The summed E-state index contributed by atoms with van der Waals surface area (Å²) < 4.78 is 37.3. The van der Waals surface area contributed by atoms with Crippen LogP contribution in [0.25, 0.3) is 17.6 Å². The van der Waals surface area contributed by atoms with Crippen LogP contribution in [0.4, 0.5) is 13.8 Å². The molecule has 1 aromatic carbocycles. The van der Waals surface area contributed by atoms with Crippen molar-refractivity contribution < 1.29 is 18.6 Å². The number of hydrogen-bond donors (Lipinski definition) is 3. The van der Waals surface area contributed by atoms with E-state index < -0.39 is 23.8 Å². The summed E-state index contributed by atoms with van der Waals surface area (Å²) in [4.78, 5) is 6.97. The molecule has 7 nitrogen and oxygen atoms in total. The van der Waals surface area contributed by atoms with E-state index in [1.807, 2.05) is 46.4 Å². The first-order chi connectivity index (χ1) is 22.5. The first kappa shape index (κ1) is 39.9. The molecule has 3 aliphatic heterocycles. The molecule has 3 unspecified atom stereocenters. The highest BCUT2D eigenvalue weighted by Crippen LogP contribution is 2.45. The minimum atomic E-state index is -0.793. The second kappa shape index (κ2) is 18.9. The SMILES string of the molecule is CC.CCC.CCC(C)=c1c(F)c(C2NC=C(F)c3sc(N)c(C#N)c32)c2c(/c1=C/N=C(C)N1CC(C)C(O)C1)COC2.CCCC. The molecule has 0 bridgehead atoms. The largest absolute Gasteiger partial charge is 0.391 e. The zero-order valence-corrected chi connectivity index (χ0v) is 30.8. The molecular formula is C37H55F2N5O2S. The number of hydrogen-bond acceptors (Lipinski definition) is 7. The van der Waals surface area contributed by atoms with Crippen molar-refractivity contribution in [2.45, 2.75) is 120 Å². The summed E-state index contributed by atoms with van der Waals surface area (Å²) >= 11 is 0.995. The molecule has 0 radical (unpaired) electrons. The van der Waals surface area contributed by atoms with Gasteiger partial charge in [-0.15, -0.1) is 11.3 Å². The van der Waals surface area contributed by atoms with Gasteiger partial charge in [-0.05, 0) is 31.4 Å². The van der Waals surface area contributed by atoms with Crippen molar-refractivity contribution in [3.8, 4) is 6.07 Å². The highest BCUT2D eigenvalue weighted by molar-refractivity contribution is 7.17.